The SMILES string of the molecule is Cc1ccc(C)c(N2CCN(CCCNC(=O)CCc3nnc4n(Cc5ccccc5Cl)c(=O)c5ccccc5n34)CC2)c1. The van der Waals surface area contributed by atoms with E-state index in [0.29, 0.717) is 35.0 Å². The second-order valence-electron chi connectivity index (χ2n) is 11.6. The molecule has 0 radical (unpaired) electrons. The smallest absolute Gasteiger partial charge is 0.263 e. The fourth-order valence-electron chi connectivity index (χ4n) is 6.03. The molecule has 6 rings (SSSR count). The number of halogens is 1. The van der Waals surface area contributed by atoms with Gasteiger partial charge in [-0.25, -0.2) is 0 Å². The molecule has 0 bridgehead atoms. The molecule has 0 unspecified atom stereocenters. The maximum Gasteiger partial charge on any atom is 0.263 e. The fourth-order valence-corrected chi connectivity index (χ4v) is 6.23. The normalized spacial score (nSPS) is 14.0. The van der Waals surface area contributed by atoms with E-state index in [1.54, 1.807) is 10.6 Å². The average molecular weight is 612 g/mol. The van der Waals surface area contributed by atoms with Gasteiger partial charge in [-0.1, -0.05) is 54.1 Å². The topological polar surface area (TPSA) is 87.8 Å². The molecule has 0 spiro atoms. The van der Waals surface area contributed by atoms with Crippen LogP contribution in [0, 0.1) is 13.8 Å². The van der Waals surface area contributed by atoms with E-state index < -0.39 is 0 Å². The highest BCUT2D eigenvalue weighted by Gasteiger charge is 2.20. The highest BCUT2D eigenvalue weighted by Crippen LogP contribution is 2.23. The zero-order valence-electron chi connectivity index (χ0n) is 25.3. The number of aromatic nitrogens is 4. The van der Waals surface area contributed by atoms with Gasteiger partial charge in [0.2, 0.25) is 11.7 Å². The van der Waals surface area contributed by atoms with Crippen molar-refractivity contribution >= 4 is 39.9 Å². The van der Waals surface area contributed by atoms with Crippen molar-refractivity contribution in [1.82, 2.24) is 29.4 Å². The Kier molecular flexibility index (Phi) is 8.95. The first-order chi connectivity index (χ1) is 21.4. The number of carbonyl (C=O) groups is 1. The van der Waals surface area contributed by atoms with Crippen molar-refractivity contribution < 1.29 is 4.79 Å². The Morgan fingerprint density at radius 3 is 2.55 bits per heavy atom. The molecule has 9 nitrogen and oxygen atoms in total. The minimum absolute atomic E-state index is 0.0183. The van der Waals surface area contributed by atoms with E-state index in [2.05, 4.69) is 57.4 Å². The van der Waals surface area contributed by atoms with Gasteiger partial charge in [0.1, 0.15) is 5.82 Å². The summed E-state index contributed by atoms with van der Waals surface area (Å²) in [5.74, 6) is 1.05. The highest BCUT2D eigenvalue weighted by molar-refractivity contribution is 6.31. The Balaban J connectivity index is 1.04. The highest BCUT2D eigenvalue weighted by atomic mass is 35.5. The van der Waals surface area contributed by atoms with Crippen LogP contribution in [0.5, 0.6) is 0 Å². The molecule has 228 valence electrons. The van der Waals surface area contributed by atoms with Crippen molar-refractivity contribution in [2.24, 2.45) is 0 Å². The van der Waals surface area contributed by atoms with Crippen molar-refractivity contribution in [3.8, 4) is 0 Å². The third kappa shape index (κ3) is 6.34. The summed E-state index contributed by atoms with van der Waals surface area (Å²) in [6.45, 7) is 10.3. The summed E-state index contributed by atoms with van der Waals surface area (Å²) >= 11 is 6.41. The molecular weight excluding hydrogens is 574 g/mol. The number of aryl methyl sites for hydroxylation is 3. The van der Waals surface area contributed by atoms with Crippen LogP contribution in [0.1, 0.15) is 35.4 Å². The molecule has 1 saturated heterocycles. The molecule has 3 aromatic carbocycles. The largest absolute Gasteiger partial charge is 0.369 e. The molecule has 0 atom stereocenters. The summed E-state index contributed by atoms with van der Waals surface area (Å²) in [6.07, 6.45) is 1.59. The van der Waals surface area contributed by atoms with Crippen LogP contribution >= 0.6 is 11.6 Å². The molecule has 3 heterocycles. The minimum atomic E-state index is -0.156. The van der Waals surface area contributed by atoms with Gasteiger partial charge in [-0.2, -0.15) is 0 Å². The Morgan fingerprint density at radius 2 is 1.73 bits per heavy atom. The minimum Gasteiger partial charge on any atom is -0.369 e. The Hall–Kier alpha value is -4.21. The number of nitrogens with one attached hydrogen (secondary N) is 1. The van der Waals surface area contributed by atoms with E-state index in [0.717, 1.165) is 50.2 Å². The summed E-state index contributed by atoms with van der Waals surface area (Å²) < 4.78 is 3.49. The summed E-state index contributed by atoms with van der Waals surface area (Å²) in [5.41, 5.74) is 5.35. The number of hydrogen-bond donors (Lipinski definition) is 1. The van der Waals surface area contributed by atoms with Crippen molar-refractivity contribution in [2.45, 2.75) is 39.7 Å². The molecule has 5 aromatic rings. The molecule has 0 aliphatic carbocycles. The second-order valence-corrected chi connectivity index (χ2v) is 12.0. The van der Waals surface area contributed by atoms with Crippen LogP contribution in [-0.4, -0.2) is 69.2 Å². The first-order valence-corrected chi connectivity index (χ1v) is 15.7. The Labute approximate surface area is 262 Å². The molecule has 1 N–H and O–H groups in total. The number of carbonyl (C=O) groups excluding carboxylic acids is 1. The van der Waals surface area contributed by atoms with E-state index in [-0.39, 0.29) is 24.4 Å². The van der Waals surface area contributed by atoms with Gasteiger partial charge in [-0.05, 0) is 67.8 Å². The molecule has 44 heavy (non-hydrogen) atoms. The fraction of sp³-hybridized carbons (Fsp3) is 0.353. The summed E-state index contributed by atoms with van der Waals surface area (Å²) in [4.78, 5) is 31.2. The predicted molar refractivity (Wildman–Crippen MR) is 176 cm³/mol. The van der Waals surface area contributed by atoms with Gasteiger partial charge in [-0.15, -0.1) is 10.2 Å². The standard InChI is InChI=1S/C34H38ClN7O2/c1-24-12-13-25(2)30(22-24)40-20-18-39(19-21-40)17-7-16-36-32(43)15-14-31-37-38-34-41(23-26-8-3-5-10-28(26)35)33(44)27-9-4-6-11-29(27)42(31)34/h3-6,8-13,22H,7,14-21,23H2,1-2H3,(H,36,43). The van der Waals surface area contributed by atoms with Crippen LogP contribution in [0.3, 0.4) is 0 Å². The number of piperazine rings is 1. The van der Waals surface area contributed by atoms with Crippen LogP contribution in [0.2, 0.25) is 5.02 Å². The number of fused-ring (bicyclic) bond motifs is 3. The van der Waals surface area contributed by atoms with Crippen LogP contribution in [-0.2, 0) is 17.8 Å². The van der Waals surface area contributed by atoms with Gasteiger partial charge in [-0.3, -0.25) is 23.5 Å². The molecule has 1 amide bonds. The molecule has 1 aliphatic heterocycles. The van der Waals surface area contributed by atoms with E-state index in [1.165, 1.54) is 16.8 Å². The average Bonchev–Trinajstić information content (AvgIpc) is 3.47. The lowest BCUT2D eigenvalue weighted by Crippen LogP contribution is -2.47. The molecule has 1 fully saturated rings. The molecule has 2 aromatic heterocycles. The number of para-hydroxylation sites is 1. The first-order valence-electron chi connectivity index (χ1n) is 15.3. The van der Waals surface area contributed by atoms with Crippen molar-refractivity contribution in [1.29, 1.82) is 0 Å². The summed E-state index contributed by atoms with van der Waals surface area (Å²) in [7, 11) is 0. The van der Waals surface area contributed by atoms with Crippen molar-refractivity contribution in [3.63, 3.8) is 0 Å². The number of amides is 1. The van der Waals surface area contributed by atoms with E-state index in [1.807, 2.05) is 46.9 Å². The van der Waals surface area contributed by atoms with E-state index in [9.17, 15) is 9.59 Å². The number of anilines is 1. The monoisotopic (exact) mass is 611 g/mol. The maximum absolute atomic E-state index is 13.5. The van der Waals surface area contributed by atoms with Crippen LogP contribution in [0.25, 0.3) is 16.7 Å². The van der Waals surface area contributed by atoms with Crippen molar-refractivity contribution in [3.05, 3.63) is 105 Å². The zero-order chi connectivity index (χ0) is 30.6. The Bertz CT molecular complexity index is 1860. The molecule has 1 aliphatic rings. The quantitative estimate of drug-likeness (QED) is 0.232. The lowest BCUT2D eigenvalue weighted by atomic mass is 10.1. The molecule has 10 heteroatoms. The third-order valence-corrected chi connectivity index (χ3v) is 8.86. The molecule has 0 saturated carbocycles. The number of benzene rings is 3. The van der Waals surface area contributed by atoms with Gasteiger partial charge in [0.25, 0.3) is 5.56 Å². The number of hydrogen-bond acceptors (Lipinski definition) is 6. The number of rotatable bonds is 10. The lowest BCUT2D eigenvalue weighted by Gasteiger charge is -2.37. The lowest BCUT2D eigenvalue weighted by molar-refractivity contribution is -0.121. The summed E-state index contributed by atoms with van der Waals surface area (Å²) in [5, 5.41) is 13.0. The molecular formula is C34H38ClN7O2. The van der Waals surface area contributed by atoms with Gasteiger partial charge in [0.15, 0.2) is 0 Å². The van der Waals surface area contributed by atoms with Gasteiger partial charge in [0, 0.05) is 56.3 Å². The van der Waals surface area contributed by atoms with Crippen LogP contribution in [0.15, 0.2) is 71.5 Å². The Morgan fingerprint density at radius 1 is 0.955 bits per heavy atom. The van der Waals surface area contributed by atoms with Crippen molar-refractivity contribution in [2.75, 3.05) is 44.2 Å². The zero-order valence-corrected chi connectivity index (χ0v) is 26.1. The van der Waals surface area contributed by atoms with E-state index >= 15 is 0 Å². The first kappa shape index (κ1) is 29.8. The van der Waals surface area contributed by atoms with Gasteiger partial charge in [0.05, 0.1) is 17.4 Å². The maximum atomic E-state index is 13.5. The van der Waals surface area contributed by atoms with E-state index in [4.69, 9.17) is 11.6 Å². The second kappa shape index (κ2) is 13.2. The number of nitrogens with zero attached hydrogens (tertiary/aromatic N) is 6. The van der Waals surface area contributed by atoms with Crippen LogP contribution in [0.4, 0.5) is 5.69 Å². The summed E-state index contributed by atoms with van der Waals surface area (Å²) in [6, 6.07) is 21.5. The predicted octanol–water partition coefficient (Wildman–Crippen LogP) is 4.62. The van der Waals surface area contributed by atoms with Crippen LogP contribution < -0.4 is 15.8 Å². The van der Waals surface area contributed by atoms with Gasteiger partial charge < -0.3 is 10.2 Å². The third-order valence-electron chi connectivity index (χ3n) is 8.49. The van der Waals surface area contributed by atoms with Gasteiger partial charge >= 0.3 is 0 Å².